The number of benzene rings is 2. The minimum atomic E-state index is -1.27. The number of anilines is 1. The Hall–Kier alpha value is -3.16. The lowest BCUT2D eigenvalue weighted by Gasteiger charge is -2.10. The van der Waals surface area contributed by atoms with Gasteiger partial charge in [0.05, 0.1) is 14.2 Å². The number of carbonyl (C=O) groups excluding carboxylic acids is 2. The summed E-state index contributed by atoms with van der Waals surface area (Å²) >= 11 is 0. The SMILES string of the molecule is COc1cc(NC(=O)COC(=O)c2c(F)cccc2F)cc(OC)c1. The zero-order valence-corrected chi connectivity index (χ0v) is 13.5. The first kappa shape index (κ1) is 18.2. The van der Waals surface area contributed by atoms with Crippen LogP contribution in [0.2, 0.25) is 0 Å². The van der Waals surface area contributed by atoms with Crippen molar-refractivity contribution in [1.29, 1.82) is 0 Å². The van der Waals surface area contributed by atoms with E-state index in [1.807, 2.05) is 0 Å². The summed E-state index contributed by atoms with van der Waals surface area (Å²) in [4.78, 5) is 23.6. The van der Waals surface area contributed by atoms with E-state index in [-0.39, 0.29) is 0 Å². The number of halogens is 2. The van der Waals surface area contributed by atoms with E-state index in [0.29, 0.717) is 17.2 Å². The lowest BCUT2D eigenvalue weighted by molar-refractivity contribution is -0.119. The third-order valence-electron chi connectivity index (χ3n) is 3.14. The minimum absolute atomic E-state index is 0.342. The van der Waals surface area contributed by atoms with Crippen molar-refractivity contribution in [2.45, 2.75) is 0 Å². The van der Waals surface area contributed by atoms with E-state index in [1.54, 1.807) is 6.07 Å². The molecule has 0 saturated heterocycles. The number of nitrogens with one attached hydrogen (secondary N) is 1. The molecule has 0 fully saturated rings. The van der Waals surface area contributed by atoms with E-state index >= 15 is 0 Å². The van der Waals surface area contributed by atoms with Gasteiger partial charge in [-0.15, -0.1) is 0 Å². The molecular weight excluding hydrogens is 336 g/mol. The van der Waals surface area contributed by atoms with Gasteiger partial charge in [0.2, 0.25) is 0 Å². The number of esters is 1. The van der Waals surface area contributed by atoms with Crippen molar-refractivity contribution >= 4 is 17.6 Å². The Morgan fingerprint density at radius 3 is 2.08 bits per heavy atom. The molecule has 1 amide bonds. The average Bonchev–Trinajstić information content (AvgIpc) is 2.59. The number of amides is 1. The predicted octanol–water partition coefficient (Wildman–Crippen LogP) is 2.78. The summed E-state index contributed by atoms with van der Waals surface area (Å²) in [5, 5.41) is 2.46. The first-order chi connectivity index (χ1) is 11.9. The van der Waals surface area contributed by atoms with Crippen molar-refractivity contribution in [1.82, 2.24) is 0 Å². The van der Waals surface area contributed by atoms with Crippen molar-refractivity contribution < 1.29 is 32.6 Å². The van der Waals surface area contributed by atoms with Crippen LogP contribution in [0.4, 0.5) is 14.5 Å². The topological polar surface area (TPSA) is 73.9 Å². The Balaban J connectivity index is 2.00. The zero-order valence-electron chi connectivity index (χ0n) is 13.5. The van der Waals surface area contributed by atoms with Gasteiger partial charge in [0, 0.05) is 23.9 Å². The monoisotopic (exact) mass is 351 g/mol. The summed E-state index contributed by atoms with van der Waals surface area (Å²) in [6, 6.07) is 7.61. The van der Waals surface area contributed by atoms with Crippen molar-refractivity contribution in [2.24, 2.45) is 0 Å². The fourth-order valence-electron chi connectivity index (χ4n) is 1.97. The molecule has 0 aliphatic carbocycles. The number of rotatable bonds is 6. The minimum Gasteiger partial charge on any atom is -0.497 e. The van der Waals surface area contributed by atoms with Gasteiger partial charge in [0.25, 0.3) is 5.91 Å². The summed E-state index contributed by atoms with van der Waals surface area (Å²) in [6.07, 6.45) is 0. The van der Waals surface area contributed by atoms with Gasteiger partial charge in [0.1, 0.15) is 28.7 Å². The third kappa shape index (κ3) is 4.66. The fourth-order valence-corrected chi connectivity index (χ4v) is 1.97. The van der Waals surface area contributed by atoms with Crippen LogP contribution in [0.1, 0.15) is 10.4 Å². The second-order valence-corrected chi connectivity index (χ2v) is 4.82. The van der Waals surface area contributed by atoms with Gasteiger partial charge in [-0.25, -0.2) is 13.6 Å². The average molecular weight is 351 g/mol. The molecule has 0 radical (unpaired) electrons. The molecule has 0 spiro atoms. The van der Waals surface area contributed by atoms with Crippen LogP contribution >= 0.6 is 0 Å². The standard InChI is InChI=1S/C17H15F2NO5/c1-23-11-6-10(7-12(8-11)24-2)20-15(21)9-25-17(22)16-13(18)4-3-5-14(16)19/h3-8H,9H2,1-2H3,(H,20,21). The maximum atomic E-state index is 13.5. The molecule has 0 aliphatic rings. The second kappa shape index (κ2) is 8.09. The summed E-state index contributed by atoms with van der Waals surface area (Å²) in [5.74, 6) is -3.21. The Kier molecular flexibility index (Phi) is 5.89. The first-order valence-electron chi connectivity index (χ1n) is 7.08. The predicted molar refractivity (Wildman–Crippen MR) is 84.8 cm³/mol. The van der Waals surface area contributed by atoms with Crippen molar-refractivity contribution in [3.05, 3.63) is 53.6 Å². The Morgan fingerprint density at radius 1 is 1.00 bits per heavy atom. The molecule has 25 heavy (non-hydrogen) atoms. The molecule has 0 aliphatic heterocycles. The molecule has 8 heteroatoms. The van der Waals surface area contributed by atoms with E-state index in [2.05, 4.69) is 10.1 Å². The van der Waals surface area contributed by atoms with E-state index in [4.69, 9.17) is 9.47 Å². The van der Waals surface area contributed by atoms with E-state index in [9.17, 15) is 18.4 Å². The van der Waals surface area contributed by atoms with Gasteiger partial charge in [0.15, 0.2) is 6.61 Å². The molecule has 0 heterocycles. The van der Waals surface area contributed by atoms with Crippen molar-refractivity contribution in [2.75, 3.05) is 26.1 Å². The highest BCUT2D eigenvalue weighted by Gasteiger charge is 2.19. The smallest absolute Gasteiger partial charge is 0.344 e. The van der Waals surface area contributed by atoms with Crippen LogP contribution in [-0.4, -0.2) is 32.7 Å². The first-order valence-corrected chi connectivity index (χ1v) is 7.08. The fraction of sp³-hybridized carbons (Fsp3) is 0.176. The quantitative estimate of drug-likeness (QED) is 0.810. The molecule has 0 bridgehead atoms. The Labute approximate surface area is 142 Å². The van der Waals surface area contributed by atoms with Crippen LogP contribution in [-0.2, 0) is 9.53 Å². The van der Waals surface area contributed by atoms with Gasteiger partial charge in [-0.05, 0) is 12.1 Å². The number of carbonyl (C=O) groups is 2. The zero-order chi connectivity index (χ0) is 18.4. The molecular formula is C17H15F2NO5. The largest absolute Gasteiger partial charge is 0.497 e. The van der Waals surface area contributed by atoms with E-state index < -0.39 is 35.7 Å². The Morgan fingerprint density at radius 2 is 1.56 bits per heavy atom. The number of methoxy groups -OCH3 is 2. The molecule has 0 unspecified atom stereocenters. The van der Waals surface area contributed by atoms with Crippen molar-refractivity contribution in [3.63, 3.8) is 0 Å². The van der Waals surface area contributed by atoms with Gasteiger partial charge in [-0.2, -0.15) is 0 Å². The third-order valence-corrected chi connectivity index (χ3v) is 3.14. The Bertz CT molecular complexity index is 752. The lowest BCUT2D eigenvalue weighted by atomic mass is 10.2. The van der Waals surface area contributed by atoms with Crippen LogP contribution in [0, 0.1) is 11.6 Å². The molecule has 0 atom stereocenters. The van der Waals surface area contributed by atoms with Crippen molar-refractivity contribution in [3.8, 4) is 11.5 Å². The summed E-state index contributed by atoms with van der Waals surface area (Å²) < 4.78 is 41.7. The molecule has 132 valence electrons. The van der Waals surface area contributed by atoms with Gasteiger partial charge < -0.3 is 19.5 Å². The summed E-state index contributed by atoms with van der Waals surface area (Å²) in [5.41, 5.74) is -0.507. The van der Waals surface area contributed by atoms with Gasteiger partial charge >= 0.3 is 5.97 Å². The molecule has 2 aromatic rings. The molecule has 0 saturated carbocycles. The van der Waals surface area contributed by atoms with Crippen LogP contribution in [0.3, 0.4) is 0 Å². The second-order valence-electron chi connectivity index (χ2n) is 4.82. The molecule has 6 nitrogen and oxygen atoms in total. The lowest BCUT2D eigenvalue weighted by Crippen LogP contribution is -2.22. The van der Waals surface area contributed by atoms with Crippen LogP contribution in [0.5, 0.6) is 11.5 Å². The molecule has 2 rings (SSSR count). The summed E-state index contributed by atoms with van der Waals surface area (Å²) in [6.45, 7) is -0.716. The number of ether oxygens (including phenoxy) is 3. The molecule has 1 N–H and O–H groups in total. The van der Waals surface area contributed by atoms with Crippen LogP contribution in [0.25, 0.3) is 0 Å². The van der Waals surface area contributed by atoms with Gasteiger partial charge in [-0.1, -0.05) is 6.07 Å². The highest BCUT2D eigenvalue weighted by Crippen LogP contribution is 2.25. The maximum absolute atomic E-state index is 13.5. The summed E-state index contributed by atoms with van der Waals surface area (Å²) in [7, 11) is 2.90. The van der Waals surface area contributed by atoms with Crippen LogP contribution in [0.15, 0.2) is 36.4 Å². The number of hydrogen-bond acceptors (Lipinski definition) is 5. The molecule has 2 aromatic carbocycles. The number of hydrogen-bond donors (Lipinski definition) is 1. The van der Waals surface area contributed by atoms with Gasteiger partial charge in [-0.3, -0.25) is 4.79 Å². The van der Waals surface area contributed by atoms with E-state index in [1.165, 1.54) is 26.4 Å². The van der Waals surface area contributed by atoms with E-state index in [0.717, 1.165) is 18.2 Å². The highest BCUT2D eigenvalue weighted by molar-refractivity contribution is 5.96. The molecule has 0 aromatic heterocycles. The highest BCUT2D eigenvalue weighted by atomic mass is 19.1. The normalized spacial score (nSPS) is 10.1. The van der Waals surface area contributed by atoms with Crippen LogP contribution < -0.4 is 14.8 Å². The maximum Gasteiger partial charge on any atom is 0.344 e.